The Balaban J connectivity index is 1.62. The molecule has 1 aromatic heterocycles. The molecule has 2 aliphatic rings. The minimum Gasteiger partial charge on any atom is -0.493 e. The number of nitrogens with zero attached hydrogens (tertiary/aromatic N) is 2. The Kier molecular flexibility index (Phi) is 4.75. The summed E-state index contributed by atoms with van der Waals surface area (Å²) in [4.78, 5) is 1.18. The fourth-order valence-corrected chi connectivity index (χ4v) is 4.78. The molecule has 0 aliphatic carbocycles. The first kappa shape index (κ1) is 18.8. The summed E-state index contributed by atoms with van der Waals surface area (Å²) < 4.78 is 23.0. The number of hydrazone groups is 1. The van der Waals surface area contributed by atoms with Gasteiger partial charge in [-0.05, 0) is 35.7 Å². The maximum Gasteiger partial charge on any atom is 0.214 e. The molecular formula is C23H22N2O4S. The highest BCUT2D eigenvalue weighted by molar-refractivity contribution is 7.12. The van der Waals surface area contributed by atoms with Crippen molar-refractivity contribution in [1.29, 1.82) is 0 Å². The minimum absolute atomic E-state index is 0.0686. The van der Waals surface area contributed by atoms with Crippen molar-refractivity contribution in [1.82, 2.24) is 5.01 Å². The zero-order valence-corrected chi connectivity index (χ0v) is 17.8. The summed E-state index contributed by atoms with van der Waals surface area (Å²) in [5, 5.41) is 9.12. The Morgan fingerprint density at radius 1 is 0.967 bits per heavy atom. The first-order valence-corrected chi connectivity index (χ1v) is 10.6. The van der Waals surface area contributed by atoms with Crippen LogP contribution in [0.1, 0.15) is 34.7 Å². The number of benzene rings is 2. The predicted octanol–water partition coefficient (Wildman–Crippen LogP) is 5.02. The smallest absolute Gasteiger partial charge is 0.214 e. The van der Waals surface area contributed by atoms with E-state index < -0.39 is 6.23 Å². The van der Waals surface area contributed by atoms with E-state index in [4.69, 9.17) is 24.0 Å². The van der Waals surface area contributed by atoms with E-state index in [0.29, 0.717) is 11.5 Å². The van der Waals surface area contributed by atoms with Crippen molar-refractivity contribution in [2.75, 3.05) is 21.3 Å². The quantitative estimate of drug-likeness (QED) is 0.578. The highest BCUT2D eigenvalue weighted by atomic mass is 32.1. The van der Waals surface area contributed by atoms with Crippen LogP contribution in [0, 0.1) is 0 Å². The van der Waals surface area contributed by atoms with Gasteiger partial charge in [-0.1, -0.05) is 18.2 Å². The van der Waals surface area contributed by atoms with Gasteiger partial charge in [-0.3, -0.25) is 0 Å². The molecule has 0 spiro atoms. The van der Waals surface area contributed by atoms with Gasteiger partial charge >= 0.3 is 0 Å². The molecule has 0 fully saturated rings. The van der Waals surface area contributed by atoms with Gasteiger partial charge in [-0.25, -0.2) is 5.01 Å². The molecule has 0 amide bonds. The molecule has 0 radical (unpaired) electrons. The molecule has 2 aliphatic heterocycles. The van der Waals surface area contributed by atoms with Gasteiger partial charge in [0, 0.05) is 17.5 Å². The number of thiophene rings is 1. The van der Waals surface area contributed by atoms with Crippen molar-refractivity contribution in [3.05, 3.63) is 69.9 Å². The van der Waals surface area contributed by atoms with E-state index in [1.165, 1.54) is 4.88 Å². The standard InChI is InChI=1S/C23H22N2O4S/c1-26-18-10-9-14(12-20(18)28-3)23-25-17(13-16(24-25)21-8-5-11-30-21)15-6-4-7-19(27-2)22(15)29-23/h4-12,17,23H,13H2,1-3H3. The van der Waals surface area contributed by atoms with Crippen molar-refractivity contribution >= 4 is 17.0 Å². The average molecular weight is 423 g/mol. The Morgan fingerprint density at radius 2 is 1.80 bits per heavy atom. The number of methoxy groups -OCH3 is 3. The van der Waals surface area contributed by atoms with Crippen LogP contribution < -0.4 is 18.9 Å². The lowest BCUT2D eigenvalue weighted by Crippen LogP contribution is -2.33. The fourth-order valence-electron chi connectivity index (χ4n) is 4.06. The number of hydrogen-bond acceptors (Lipinski definition) is 7. The van der Waals surface area contributed by atoms with E-state index in [-0.39, 0.29) is 6.04 Å². The summed E-state index contributed by atoms with van der Waals surface area (Å²) in [6.45, 7) is 0. The van der Waals surface area contributed by atoms with Crippen LogP contribution in [0.15, 0.2) is 59.0 Å². The molecule has 3 aromatic rings. The van der Waals surface area contributed by atoms with Gasteiger partial charge < -0.3 is 18.9 Å². The first-order valence-electron chi connectivity index (χ1n) is 9.68. The van der Waals surface area contributed by atoms with E-state index >= 15 is 0 Å². The van der Waals surface area contributed by atoms with Gasteiger partial charge in [0.15, 0.2) is 23.0 Å². The van der Waals surface area contributed by atoms with Crippen LogP contribution in [0.4, 0.5) is 0 Å². The maximum absolute atomic E-state index is 6.49. The zero-order valence-electron chi connectivity index (χ0n) is 17.0. The van der Waals surface area contributed by atoms with Crippen molar-refractivity contribution in [3.8, 4) is 23.0 Å². The van der Waals surface area contributed by atoms with Gasteiger partial charge in [-0.15, -0.1) is 11.3 Å². The van der Waals surface area contributed by atoms with E-state index in [1.54, 1.807) is 32.7 Å². The molecular weight excluding hydrogens is 400 g/mol. The monoisotopic (exact) mass is 422 g/mol. The normalized spacial score (nSPS) is 19.4. The van der Waals surface area contributed by atoms with E-state index in [0.717, 1.165) is 34.8 Å². The van der Waals surface area contributed by atoms with Gasteiger partial charge in [-0.2, -0.15) is 5.10 Å². The molecule has 5 rings (SSSR count). The van der Waals surface area contributed by atoms with Gasteiger partial charge in [0.2, 0.25) is 6.23 Å². The third-order valence-electron chi connectivity index (χ3n) is 5.50. The van der Waals surface area contributed by atoms with E-state index in [2.05, 4.69) is 28.6 Å². The van der Waals surface area contributed by atoms with Crippen LogP contribution in [-0.4, -0.2) is 32.0 Å². The summed E-state index contributed by atoms with van der Waals surface area (Å²) in [7, 11) is 4.93. The topological polar surface area (TPSA) is 52.5 Å². The maximum atomic E-state index is 6.49. The summed E-state index contributed by atoms with van der Waals surface area (Å²) in [6.07, 6.45) is 0.407. The van der Waals surface area contributed by atoms with Crippen molar-refractivity contribution in [3.63, 3.8) is 0 Å². The summed E-state index contributed by atoms with van der Waals surface area (Å²) in [6, 6.07) is 16.1. The Morgan fingerprint density at radius 3 is 2.53 bits per heavy atom. The molecule has 6 nitrogen and oxygen atoms in total. The molecule has 7 heteroatoms. The second-order valence-electron chi connectivity index (χ2n) is 7.09. The fraction of sp³-hybridized carbons (Fsp3) is 0.261. The van der Waals surface area contributed by atoms with Crippen LogP contribution >= 0.6 is 11.3 Å². The average Bonchev–Trinajstić information content (AvgIpc) is 3.47. The van der Waals surface area contributed by atoms with Gasteiger partial charge in [0.25, 0.3) is 0 Å². The third-order valence-corrected chi connectivity index (χ3v) is 6.42. The van der Waals surface area contributed by atoms with E-state index in [9.17, 15) is 0 Å². The van der Waals surface area contributed by atoms with Crippen LogP contribution in [0.2, 0.25) is 0 Å². The molecule has 154 valence electrons. The lowest BCUT2D eigenvalue weighted by Gasteiger charge is -2.38. The van der Waals surface area contributed by atoms with Gasteiger partial charge in [0.1, 0.15) is 0 Å². The second-order valence-corrected chi connectivity index (χ2v) is 8.03. The van der Waals surface area contributed by atoms with Crippen LogP contribution in [-0.2, 0) is 0 Å². The SMILES string of the molecule is COc1ccc(C2Oc3c(OC)cccc3C3CC(c4cccs4)=NN32)cc1OC. The largest absolute Gasteiger partial charge is 0.493 e. The van der Waals surface area contributed by atoms with Crippen molar-refractivity contribution < 1.29 is 18.9 Å². The molecule has 0 bridgehead atoms. The highest BCUT2D eigenvalue weighted by Crippen LogP contribution is 2.51. The summed E-state index contributed by atoms with van der Waals surface area (Å²) >= 11 is 1.70. The number of fused-ring (bicyclic) bond motifs is 3. The molecule has 0 N–H and O–H groups in total. The van der Waals surface area contributed by atoms with Crippen molar-refractivity contribution in [2.24, 2.45) is 5.10 Å². The number of rotatable bonds is 5. The molecule has 30 heavy (non-hydrogen) atoms. The highest BCUT2D eigenvalue weighted by Gasteiger charge is 2.42. The molecule has 2 atom stereocenters. The zero-order chi connectivity index (χ0) is 20.7. The lowest BCUT2D eigenvalue weighted by atomic mass is 9.97. The second kappa shape index (κ2) is 7.57. The number of hydrogen-bond donors (Lipinski definition) is 0. The van der Waals surface area contributed by atoms with Crippen LogP contribution in [0.5, 0.6) is 23.0 Å². The Bertz CT molecular complexity index is 1100. The van der Waals surface area contributed by atoms with Crippen molar-refractivity contribution in [2.45, 2.75) is 18.7 Å². The predicted molar refractivity (Wildman–Crippen MR) is 116 cm³/mol. The third kappa shape index (κ3) is 2.97. The Hall–Kier alpha value is -3.19. The van der Waals surface area contributed by atoms with Gasteiger partial charge in [0.05, 0.1) is 38.0 Å². The lowest BCUT2D eigenvalue weighted by molar-refractivity contribution is -0.0210. The summed E-state index contributed by atoms with van der Waals surface area (Å²) in [5.41, 5.74) is 3.09. The first-order chi connectivity index (χ1) is 14.7. The summed E-state index contributed by atoms with van der Waals surface area (Å²) in [5.74, 6) is 2.82. The number of para-hydroxylation sites is 1. The van der Waals surface area contributed by atoms with Crippen LogP contribution in [0.25, 0.3) is 0 Å². The molecule has 0 saturated carbocycles. The Labute approximate surface area is 179 Å². The molecule has 0 saturated heterocycles. The minimum atomic E-state index is -0.406. The molecule has 2 aromatic carbocycles. The van der Waals surface area contributed by atoms with E-state index in [1.807, 2.05) is 30.3 Å². The van der Waals surface area contributed by atoms with Crippen LogP contribution in [0.3, 0.4) is 0 Å². The molecule has 2 unspecified atom stereocenters. The number of ether oxygens (including phenoxy) is 4. The molecule has 3 heterocycles.